The number of carbonyl (C=O) groups is 1. The van der Waals surface area contributed by atoms with Gasteiger partial charge in [0.25, 0.3) is 5.91 Å². The number of ether oxygens (including phenoxy) is 1. The maximum atomic E-state index is 12.6. The van der Waals surface area contributed by atoms with Gasteiger partial charge in [0.1, 0.15) is 0 Å². The minimum atomic E-state index is 0.0756. The number of hydrogen-bond donors (Lipinski definition) is 1. The Morgan fingerprint density at radius 3 is 3.32 bits per heavy atom. The minimum Gasteiger partial charge on any atom is -0.377 e. The van der Waals surface area contributed by atoms with E-state index in [0.29, 0.717) is 25.3 Å². The fraction of sp³-hybridized carbons (Fsp3) is 0.429. The van der Waals surface area contributed by atoms with Crippen LogP contribution in [0.15, 0.2) is 24.5 Å². The van der Waals surface area contributed by atoms with Gasteiger partial charge in [0.15, 0.2) is 0 Å². The van der Waals surface area contributed by atoms with Gasteiger partial charge in [-0.1, -0.05) is 6.92 Å². The molecular formula is C14H17N3O2. The smallest absolute Gasteiger partial charge is 0.254 e. The van der Waals surface area contributed by atoms with E-state index in [2.05, 4.69) is 16.9 Å². The van der Waals surface area contributed by atoms with Crippen molar-refractivity contribution in [1.29, 1.82) is 0 Å². The van der Waals surface area contributed by atoms with Crippen molar-refractivity contribution in [1.82, 2.24) is 14.9 Å². The van der Waals surface area contributed by atoms with Crippen molar-refractivity contribution >= 4 is 16.9 Å². The number of rotatable bonds is 2. The van der Waals surface area contributed by atoms with Crippen molar-refractivity contribution in [3.05, 3.63) is 30.1 Å². The molecule has 0 spiro atoms. The molecule has 1 unspecified atom stereocenters. The Kier molecular flexibility index (Phi) is 3.21. The zero-order valence-electron chi connectivity index (χ0n) is 10.9. The summed E-state index contributed by atoms with van der Waals surface area (Å²) in [4.78, 5) is 21.7. The van der Waals surface area contributed by atoms with Gasteiger partial charge in [0.2, 0.25) is 0 Å². The molecule has 1 atom stereocenters. The van der Waals surface area contributed by atoms with Gasteiger partial charge in [0.05, 0.1) is 36.6 Å². The van der Waals surface area contributed by atoms with E-state index in [1.165, 1.54) is 0 Å². The van der Waals surface area contributed by atoms with Gasteiger partial charge in [-0.2, -0.15) is 0 Å². The van der Waals surface area contributed by atoms with Gasteiger partial charge in [-0.25, -0.2) is 4.98 Å². The first-order valence-electron chi connectivity index (χ1n) is 6.61. The molecule has 2 heterocycles. The summed E-state index contributed by atoms with van der Waals surface area (Å²) in [6.07, 6.45) is 2.56. The number of morpholine rings is 1. The monoisotopic (exact) mass is 259 g/mol. The highest BCUT2D eigenvalue weighted by Gasteiger charge is 2.26. The Morgan fingerprint density at radius 2 is 2.47 bits per heavy atom. The lowest BCUT2D eigenvalue weighted by Gasteiger charge is -2.35. The van der Waals surface area contributed by atoms with Crippen LogP contribution < -0.4 is 0 Å². The van der Waals surface area contributed by atoms with E-state index < -0.39 is 0 Å². The number of nitrogens with one attached hydrogen (secondary N) is 1. The Balaban J connectivity index is 1.89. The summed E-state index contributed by atoms with van der Waals surface area (Å²) >= 11 is 0. The third-order valence-corrected chi connectivity index (χ3v) is 3.63. The van der Waals surface area contributed by atoms with E-state index in [1.807, 2.05) is 23.1 Å². The van der Waals surface area contributed by atoms with Gasteiger partial charge >= 0.3 is 0 Å². The predicted molar refractivity (Wildman–Crippen MR) is 72.0 cm³/mol. The lowest BCUT2D eigenvalue weighted by molar-refractivity contribution is -0.00279. The van der Waals surface area contributed by atoms with Crippen LogP contribution in [0.2, 0.25) is 0 Å². The SMILES string of the molecule is CCC1COCCN1C(=O)c1ccc2nc[nH]c2c1. The summed E-state index contributed by atoms with van der Waals surface area (Å²) in [5.74, 6) is 0.0756. The molecule has 0 aliphatic carbocycles. The topological polar surface area (TPSA) is 58.2 Å². The molecule has 0 radical (unpaired) electrons. The number of carbonyl (C=O) groups excluding carboxylic acids is 1. The Morgan fingerprint density at radius 1 is 1.58 bits per heavy atom. The molecule has 1 N–H and O–H groups in total. The highest BCUT2D eigenvalue weighted by molar-refractivity contribution is 5.97. The molecule has 0 bridgehead atoms. The first-order valence-corrected chi connectivity index (χ1v) is 6.61. The number of aromatic amines is 1. The van der Waals surface area contributed by atoms with Crippen LogP contribution in [0.3, 0.4) is 0 Å². The number of benzene rings is 1. The maximum Gasteiger partial charge on any atom is 0.254 e. The Bertz CT molecular complexity index is 593. The van der Waals surface area contributed by atoms with Crippen molar-refractivity contribution in [2.75, 3.05) is 19.8 Å². The molecule has 5 heteroatoms. The predicted octanol–water partition coefficient (Wildman–Crippen LogP) is 1.81. The molecule has 1 fully saturated rings. The van der Waals surface area contributed by atoms with E-state index in [0.717, 1.165) is 17.5 Å². The van der Waals surface area contributed by atoms with Crippen LogP contribution in [0.1, 0.15) is 23.7 Å². The molecular weight excluding hydrogens is 242 g/mol. The molecule has 1 aromatic heterocycles. The molecule has 5 nitrogen and oxygen atoms in total. The van der Waals surface area contributed by atoms with Crippen LogP contribution in [-0.2, 0) is 4.74 Å². The van der Waals surface area contributed by atoms with Gasteiger partial charge in [0, 0.05) is 12.1 Å². The van der Waals surface area contributed by atoms with E-state index in [9.17, 15) is 4.79 Å². The van der Waals surface area contributed by atoms with Crippen LogP contribution >= 0.6 is 0 Å². The van der Waals surface area contributed by atoms with Crippen molar-refractivity contribution in [3.63, 3.8) is 0 Å². The second kappa shape index (κ2) is 5.01. The van der Waals surface area contributed by atoms with Gasteiger partial charge < -0.3 is 14.6 Å². The second-order valence-electron chi connectivity index (χ2n) is 4.77. The largest absolute Gasteiger partial charge is 0.377 e. The maximum absolute atomic E-state index is 12.6. The molecule has 1 saturated heterocycles. The summed E-state index contributed by atoms with van der Waals surface area (Å²) in [5.41, 5.74) is 2.48. The van der Waals surface area contributed by atoms with Crippen molar-refractivity contribution in [2.24, 2.45) is 0 Å². The van der Waals surface area contributed by atoms with Crippen molar-refractivity contribution in [2.45, 2.75) is 19.4 Å². The van der Waals surface area contributed by atoms with Crippen molar-refractivity contribution < 1.29 is 9.53 Å². The number of imidazole rings is 1. The number of fused-ring (bicyclic) bond motifs is 1. The van der Waals surface area contributed by atoms with Crippen LogP contribution in [0.4, 0.5) is 0 Å². The lowest BCUT2D eigenvalue weighted by Crippen LogP contribution is -2.48. The average molecular weight is 259 g/mol. The van der Waals surface area contributed by atoms with E-state index in [1.54, 1.807) is 6.33 Å². The van der Waals surface area contributed by atoms with Gasteiger partial charge in [-0.3, -0.25) is 4.79 Å². The molecule has 19 heavy (non-hydrogen) atoms. The van der Waals surface area contributed by atoms with Gasteiger partial charge in [-0.05, 0) is 24.6 Å². The Labute approximate surface area is 111 Å². The summed E-state index contributed by atoms with van der Waals surface area (Å²) in [5, 5.41) is 0. The Hall–Kier alpha value is -1.88. The third-order valence-electron chi connectivity index (χ3n) is 3.63. The third kappa shape index (κ3) is 2.21. The van der Waals surface area contributed by atoms with Crippen LogP contribution in [-0.4, -0.2) is 46.6 Å². The van der Waals surface area contributed by atoms with E-state index >= 15 is 0 Å². The number of amides is 1. The summed E-state index contributed by atoms with van der Waals surface area (Å²) < 4.78 is 5.44. The molecule has 3 rings (SSSR count). The van der Waals surface area contributed by atoms with Crippen LogP contribution in [0.25, 0.3) is 11.0 Å². The average Bonchev–Trinajstić information content (AvgIpc) is 2.93. The standard InChI is InChI=1S/C14H17N3O2/c1-2-11-8-19-6-5-17(11)14(18)10-3-4-12-13(7-10)16-9-15-12/h3-4,7,9,11H,2,5-6,8H2,1H3,(H,15,16). The first-order chi connectivity index (χ1) is 9.29. The molecule has 1 aliphatic heterocycles. The molecule has 2 aromatic rings. The molecule has 1 amide bonds. The van der Waals surface area contributed by atoms with Gasteiger partial charge in [-0.15, -0.1) is 0 Å². The summed E-state index contributed by atoms with van der Waals surface area (Å²) in [6.45, 7) is 4.00. The number of hydrogen-bond acceptors (Lipinski definition) is 3. The van der Waals surface area contributed by atoms with E-state index in [-0.39, 0.29) is 11.9 Å². The highest BCUT2D eigenvalue weighted by Crippen LogP contribution is 2.17. The van der Waals surface area contributed by atoms with E-state index in [4.69, 9.17) is 4.74 Å². The van der Waals surface area contributed by atoms with Crippen LogP contribution in [0, 0.1) is 0 Å². The number of nitrogens with zero attached hydrogens (tertiary/aromatic N) is 2. The molecule has 1 aliphatic rings. The number of H-pyrrole nitrogens is 1. The minimum absolute atomic E-state index is 0.0756. The summed E-state index contributed by atoms with van der Waals surface area (Å²) in [7, 11) is 0. The fourth-order valence-electron chi connectivity index (χ4n) is 2.49. The molecule has 0 saturated carbocycles. The lowest BCUT2D eigenvalue weighted by atomic mass is 10.1. The van der Waals surface area contributed by atoms with Crippen LogP contribution in [0.5, 0.6) is 0 Å². The number of aromatic nitrogens is 2. The normalized spacial score (nSPS) is 19.8. The highest BCUT2D eigenvalue weighted by atomic mass is 16.5. The zero-order chi connectivity index (χ0) is 13.2. The first kappa shape index (κ1) is 12.2. The summed E-state index contributed by atoms with van der Waals surface area (Å²) in [6, 6.07) is 5.76. The quantitative estimate of drug-likeness (QED) is 0.895. The fourth-order valence-corrected chi connectivity index (χ4v) is 2.49. The second-order valence-corrected chi connectivity index (χ2v) is 4.77. The molecule has 1 aromatic carbocycles. The molecule has 100 valence electrons. The zero-order valence-corrected chi connectivity index (χ0v) is 10.9. The van der Waals surface area contributed by atoms with Crippen molar-refractivity contribution in [3.8, 4) is 0 Å².